The molecule has 3 aliphatic heterocycles. The van der Waals surface area contributed by atoms with Gasteiger partial charge in [0.25, 0.3) is 0 Å². The van der Waals surface area contributed by atoms with Crippen molar-refractivity contribution < 1.29 is 23.5 Å². The number of hydrogen-bond acceptors (Lipinski definition) is 5. The molecule has 2 aromatic rings. The van der Waals surface area contributed by atoms with E-state index in [9.17, 15) is 14.7 Å². The molecule has 2 aromatic carbocycles. The zero-order chi connectivity index (χ0) is 29.9. The molecule has 0 aliphatic carbocycles. The Morgan fingerprint density at radius 2 is 1.93 bits per heavy atom. The number of halogens is 1. The first kappa shape index (κ1) is 30.9. The van der Waals surface area contributed by atoms with Crippen molar-refractivity contribution in [2.24, 2.45) is 11.8 Å². The second kappa shape index (κ2) is 13.4. The van der Waals surface area contributed by atoms with Crippen molar-refractivity contribution in [2.45, 2.75) is 88.9 Å². The summed E-state index contributed by atoms with van der Waals surface area (Å²) >= 11 is 0. The maximum absolute atomic E-state index is 15.7. The van der Waals surface area contributed by atoms with Crippen molar-refractivity contribution in [2.75, 3.05) is 25.0 Å². The molecule has 9 heteroatoms. The number of aryl methyl sites for hydroxylation is 1. The number of ether oxygens (including phenoxy) is 1. The van der Waals surface area contributed by atoms with Gasteiger partial charge in [0.2, 0.25) is 20.2 Å². The first-order valence-electron chi connectivity index (χ1n) is 15.6. The number of piperidine rings is 1. The van der Waals surface area contributed by atoms with Gasteiger partial charge in [-0.05, 0) is 86.5 Å². The number of aliphatic hydroxyl groups excluding tert-OH is 1. The molecule has 42 heavy (non-hydrogen) atoms. The molecule has 1 unspecified atom stereocenters. The fourth-order valence-corrected chi connectivity index (χ4v) is 9.89. The van der Waals surface area contributed by atoms with E-state index >= 15 is 4.11 Å². The van der Waals surface area contributed by atoms with Crippen molar-refractivity contribution in [3.63, 3.8) is 0 Å². The van der Waals surface area contributed by atoms with Gasteiger partial charge in [-0.15, -0.1) is 0 Å². The van der Waals surface area contributed by atoms with Crippen LogP contribution in [0.15, 0.2) is 48.5 Å². The van der Waals surface area contributed by atoms with Gasteiger partial charge in [0.1, 0.15) is 0 Å². The maximum Gasteiger partial charge on any atom is 0.246 e. The molecule has 3 heterocycles. The molecule has 0 bridgehead atoms. The summed E-state index contributed by atoms with van der Waals surface area (Å²) in [6, 6.07) is 15.7. The van der Waals surface area contributed by atoms with Crippen LogP contribution in [0.2, 0.25) is 18.6 Å². The summed E-state index contributed by atoms with van der Waals surface area (Å²) in [5, 5.41) is 16.4. The number of aliphatic hydroxyl groups is 1. The van der Waals surface area contributed by atoms with Gasteiger partial charge in [0, 0.05) is 24.3 Å². The second-order valence-electron chi connectivity index (χ2n) is 13.0. The molecule has 2 amide bonds. The molecule has 3 aliphatic rings. The first-order valence-corrected chi connectivity index (χ1v) is 18.5. The van der Waals surface area contributed by atoms with E-state index in [0.717, 1.165) is 48.2 Å². The SMILES string of the molecule is C[C@@H]1[C@@H]([Si](C)(C)F)[C@H](CC(=O)N2Cc3ccccc3C[C@H]2CO)O[C@@H]1CCc1cccc(NC(=O)C2CCCNC2)c1. The van der Waals surface area contributed by atoms with E-state index in [2.05, 4.69) is 23.6 Å². The van der Waals surface area contributed by atoms with Crippen molar-refractivity contribution in [1.82, 2.24) is 10.2 Å². The van der Waals surface area contributed by atoms with Gasteiger partial charge in [0.15, 0.2) is 0 Å². The van der Waals surface area contributed by atoms with E-state index in [4.69, 9.17) is 4.74 Å². The molecule has 6 atom stereocenters. The number of nitrogens with zero attached hydrogens (tertiary/aromatic N) is 1. The lowest BCUT2D eigenvalue weighted by Gasteiger charge is -2.37. The van der Waals surface area contributed by atoms with E-state index < -0.39 is 14.5 Å². The van der Waals surface area contributed by atoms with Crippen molar-refractivity contribution in [3.05, 3.63) is 65.2 Å². The lowest BCUT2D eigenvalue weighted by molar-refractivity contribution is -0.138. The summed E-state index contributed by atoms with van der Waals surface area (Å²) in [5.41, 5.74) is 3.86. The summed E-state index contributed by atoms with van der Waals surface area (Å²) in [5.74, 6) is -0.0429. The van der Waals surface area contributed by atoms with E-state index in [0.29, 0.717) is 25.9 Å². The fourth-order valence-electron chi connectivity index (χ4n) is 7.34. The van der Waals surface area contributed by atoms with Gasteiger partial charge in [-0.3, -0.25) is 9.59 Å². The molecular formula is C33H46FN3O4Si. The summed E-state index contributed by atoms with van der Waals surface area (Å²) in [7, 11) is -3.14. The number of amides is 2. The average Bonchev–Trinajstić information content (AvgIpc) is 3.30. The Balaban J connectivity index is 1.22. The molecule has 7 nitrogen and oxygen atoms in total. The van der Waals surface area contributed by atoms with Gasteiger partial charge in [-0.25, -0.2) is 0 Å². The number of benzene rings is 2. The Hall–Kier alpha value is -2.59. The highest BCUT2D eigenvalue weighted by Crippen LogP contribution is 2.47. The molecule has 2 saturated heterocycles. The third-order valence-electron chi connectivity index (χ3n) is 9.54. The van der Waals surface area contributed by atoms with Crippen molar-refractivity contribution in [1.29, 1.82) is 0 Å². The fraction of sp³-hybridized carbons (Fsp3) is 0.576. The highest BCUT2D eigenvalue weighted by Gasteiger charge is 2.52. The molecule has 0 aromatic heterocycles. The Labute approximate surface area is 250 Å². The van der Waals surface area contributed by atoms with Crippen LogP contribution in [0.3, 0.4) is 0 Å². The van der Waals surface area contributed by atoms with Crippen LogP contribution in [-0.2, 0) is 33.7 Å². The largest absolute Gasteiger partial charge is 0.394 e. The van der Waals surface area contributed by atoms with Crippen LogP contribution in [0.4, 0.5) is 9.80 Å². The lowest BCUT2D eigenvalue weighted by atomic mass is 9.93. The summed E-state index contributed by atoms with van der Waals surface area (Å²) < 4.78 is 22.3. The summed E-state index contributed by atoms with van der Waals surface area (Å²) in [4.78, 5) is 28.1. The standard InChI is InChI=1S/C33H46FN3O4Si/c1-22-29(14-13-23-8-6-12-27(16-23)36-33(40)25-11-7-15-35-19-25)41-30(32(22)42(2,3)34)18-31(39)37-20-26-10-5-4-9-24(26)17-28(37)21-38/h4-6,8-10,12,16,22,25,28-30,32,35,38H,7,11,13-15,17-21H2,1-3H3,(H,36,40)/t22-,25?,28-,29+,30-,32+/m0/s1. The molecule has 228 valence electrons. The number of carbonyl (C=O) groups is 2. The zero-order valence-corrected chi connectivity index (χ0v) is 26.2. The first-order chi connectivity index (χ1) is 20.1. The van der Waals surface area contributed by atoms with Crippen molar-refractivity contribution >= 4 is 25.9 Å². The van der Waals surface area contributed by atoms with Gasteiger partial charge in [-0.1, -0.05) is 43.3 Å². The van der Waals surface area contributed by atoms with E-state index in [-0.39, 0.29) is 54.4 Å². The minimum absolute atomic E-state index is 0.00715. The molecule has 0 saturated carbocycles. The molecule has 3 N–H and O–H groups in total. The molecule has 2 fully saturated rings. The number of rotatable bonds is 9. The number of hydrogen-bond donors (Lipinski definition) is 3. The summed E-state index contributed by atoms with van der Waals surface area (Å²) in [6.45, 7) is 7.54. The highest BCUT2D eigenvalue weighted by molar-refractivity contribution is 6.72. The quantitative estimate of drug-likeness (QED) is 0.285. The van der Waals surface area contributed by atoms with Gasteiger partial charge in [-0.2, -0.15) is 0 Å². The van der Waals surface area contributed by atoms with Crippen LogP contribution < -0.4 is 10.6 Å². The van der Waals surface area contributed by atoms with Crippen LogP contribution in [0.1, 0.15) is 49.3 Å². The van der Waals surface area contributed by atoms with Gasteiger partial charge >= 0.3 is 0 Å². The van der Waals surface area contributed by atoms with E-state index in [1.807, 2.05) is 42.5 Å². The third-order valence-corrected chi connectivity index (χ3v) is 12.0. The minimum atomic E-state index is -3.14. The predicted octanol–water partition coefficient (Wildman–Crippen LogP) is 4.84. The molecular weight excluding hydrogens is 549 g/mol. The van der Waals surface area contributed by atoms with Crippen LogP contribution in [0.5, 0.6) is 0 Å². The number of nitrogens with one attached hydrogen (secondary N) is 2. The minimum Gasteiger partial charge on any atom is -0.394 e. The van der Waals surface area contributed by atoms with Crippen LogP contribution in [0, 0.1) is 11.8 Å². The number of anilines is 1. The van der Waals surface area contributed by atoms with Gasteiger partial charge < -0.3 is 29.5 Å². The molecule has 0 radical (unpaired) electrons. The maximum atomic E-state index is 15.7. The zero-order valence-electron chi connectivity index (χ0n) is 25.2. The highest BCUT2D eigenvalue weighted by atomic mass is 28.4. The topological polar surface area (TPSA) is 90.9 Å². The number of fused-ring (bicyclic) bond motifs is 1. The average molecular weight is 596 g/mol. The smallest absolute Gasteiger partial charge is 0.246 e. The number of carbonyl (C=O) groups excluding carboxylic acids is 2. The van der Waals surface area contributed by atoms with Crippen LogP contribution >= 0.6 is 0 Å². The lowest BCUT2D eigenvalue weighted by Crippen LogP contribution is -2.48. The van der Waals surface area contributed by atoms with Crippen LogP contribution in [0.25, 0.3) is 0 Å². The normalized spacial score (nSPS) is 27.9. The second-order valence-corrected chi connectivity index (χ2v) is 16.8. The van der Waals surface area contributed by atoms with E-state index in [1.165, 1.54) is 0 Å². The third kappa shape index (κ3) is 7.13. The molecule has 5 rings (SSSR count). The monoisotopic (exact) mass is 595 g/mol. The Kier molecular flexibility index (Phi) is 9.82. The predicted molar refractivity (Wildman–Crippen MR) is 165 cm³/mol. The van der Waals surface area contributed by atoms with Crippen molar-refractivity contribution in [3.8, 4) is 0 Å². The summed E-state index contributed by atoms with van der Waals surface area (Å²) in [6.07, 6.45) is 3.48. The Morgan fingerprint density at radius 3 is 2.64 bits per heavy atom. The van der Waals surface area contributed by atoms with E-state index in [1.54, 1.807) is 18.0 Å². The molecule has 0 spiro atoms. The Morgan fingerprint density at radius 1 is 1.14 bits per heavy atom. The Bertz CT molecular complexity index is 1250. The van der Waals surface area contributed by atoms with Crippen LogP contribution in [-0.4, -0.2) is 68.2 Å². The van der Waals surface area contributed by atoms with Gasteiger partial charge in [0.05, 0.1) is 37.2 Å².